The van der Waals surface area contributed by atoms with Gasteiger partial charge in [-0.3, -0.25) is 4.90 Å². The number of aromatic nitrogens is 3. The van der Waals surface area contributed by atoms with Gasteiger partial charge in [-0.05, 0) is 44.5 Å². The number of rotatable bonds is 6. The van der Waals surface area contributed by atoms with Crippen molar-refractivity contribution in [2.45, 2.75) is 38.5 Å². The zero-order valence-corrected chi connectivity index (χ0v) is 19.3. The van der Waals surface area contributed by atoms with Crippen molar-refractivity contribution in [1.82, 2.24) is 19.9 Å². The van der Waals surface area contributed by atoms with E-state index < -0.39 is 17.6 Å². The van der Waals surface area contributed by atoms with Crippen molar-refractivity contribution in [1.29, 1.82) is 0 Å². The lowest BCUT2D eigenvalue weighted by molar-refractivity contribution is -0.137. The zero-order valence-electron chi connectivity index (χ0n) is 17.7. The minimum Gasteiger partial charge on any atom is -0.490 e. The van der Waals surface area contributed by atoms with Crippen LogP contribution < -0.4 is 10.1 Å². The lowest BCUT2D eigenvalue weighted by Crippen LogP contribution is -2.25. The molecule has 4 rings (SSSR count). The van der Waals surface area contributed by atoms with Crippen molar-refractivity contribution >= 4 is 33.9 Å². The van der Waals surface area contributed by atoms with E-state index in [1.165, 1.54) is 24.8 Å². The molecule has 3 aromatic rings. The van der Waals surface area contributed by atoms with Crippen molar-refractivity contribution in [3.8, 4) is 17.0 Å². The van der Waals surface area contributed by atoms with E-state index in [0.29, 0.717) is 28.7 Å². The number of alkyl halides is 3. The van der Waals surface area contributed by atoms with Gasteiger partial charge in [0.2, 0.25) is 0 Å². The molecule has 0 saturated carbocycles. The smallest absolute Gasteiger partial charge is 0.416 e. The number of thiazole rings is 1. The number of nitrogens with one attached hydrogen (secondary N) is 1. The molecule has 1 aliphatic heterocycles. The van der Waals surface area contributed by atoms with E-state index in [2.05, 4.69) is 32.1 Å². The maximum Gasteiger partial charge on any atom is 0.416 e. The number of hydrogen-bond acceptors (Lipinski definition) is 7. The minimum atomic E-state index is -4.68. The van der Waals surface area contributed by atoms with Crippen LogP contribution in [0.1, 0.15) is 30.2 Å². The second kappa shape index (κ2) is 9.40. The summed E-state index contributed by atoms with van der Waals surface area (Å²) in [6.07, 6.45) is -1.36. The molecule has 3 heterocycles. The second-order valence-electron chi connectivity index (χ2n) is 7.65. The topological polar surface area (TPSA) is 63.2 Å². The Morgan fingerprint density at radius 1 is 1.27 bits per heavy atom. The number of ether oxygens (including phenoxy) is 1. The summed E-state index contributed by atoms with van der Waals surface area (Å²) >= 11 is 7.30. The predicted molar refractivity (Wildman–Crippen MR) is 118 cm³/mol. The first-order chi connectivity index (χ1) is 15.7. The molecule has 2 aromatic heterocycles. The molecule has 1 fully saturated rings. The third kappa shape index (κ3) is 5.20. The van der Waals surface area contributed by atoms with Gasteiger partial charge in [0.15, 0.2) is 21.9 Å². The van der Waals surface area contributed by atoms with Gasteiger partial charge in [-0.2, -0.15) is 13.2 Å². The summed E-state index contributed by atoms with van der Waals surface area (Å²) < 4.78 is 59.3. The molecule has 0 unspecified atom stereocenters. The van der Waals surface area contributed by atoms with Gasteiger partial charge in [-0.25, -0.2) is 19.3 Å². The molecule has 0 radical (unpaired) electrons. The van der Waals surface area contributed by atoms with E-state index in [4.69, 9.17) is 16.3 Å². The van der Waals surface area contributed by atoms with Crippen molar-refractivity contribution < 1.29 is 22.3 Å². The third-order valence-electron chi connectivity index (χ3n) is 5.42. The van der Waals surface area contributed by atoms with Crippen LogP contribution in [0.3, 0.4) is 0 Å². The average Bonchev–Trinajstić information content (AvgIpc) is 3.33. The van der Waals surface area contributed by atoms with Crippen molar-refractivity contribution in [3.63, 3.8) is 0 Å². The molecule has 6 nitrogen and oxygen atoms in total. The summed E-state index contributed by atoms with van der Waals surface area (Å²) in [5.41, 5.74) is -0.725. The average molecular weight is 502 g/mol. The fourth-order valence-corrected chi connectivity index (χ4v) is 4.98. The van der Waals surface area contributed by atoms with Crippen LogP contribution in [0.5, 0.6) is 5.75 Å². The molecule has 1 N–H and O–H groups in total. The first-order valence-corrected chi connectivity index (χ1v) is 11.3. The van der Waals surface area contributed by atoms with Crippen LogP contribution in [0.4, 0.5) is 28.5 Å². The molecular weight excluding hydrogens is 482 g/mol. The number of methoxy groups -OCH3 is 1. The Morgan fingerprint density at radius 3 is 2.73 bits per heavy atom. The molecule has 176 valence electrons. The zero-order chi connectivity index (χ0) is 23.8. The number of anilines is 2. The number of benzene rings is 1. The normalized spacial score (nSPS) is 16.9. The van der Waals surface area contributed by atoms with Crippen LogP contribution in [0.15, 0.2) is 24.5 Å². The number of nitrogens with zero attached hydrogens (tertiary/aromatic N) is 4. The largest absolute Gasteiger partial charge is 0.490 e. The predicted octanol–water partition coefficient (Wildman–Crippen LogP) is 6.15. The lowest BCUT2D eigenvalue weighted by Gasteiger charge is -2.20. The van der Waals surface area contributed by atoms with Crippen LogP contribution in [0, 0.1) is 5.82 Å². The van der Waals surface area contributed by atoms with E-state index >= 15 is 0 Å². The maximum absolute atomic E-state index is 14.1. The molecule has 0 amide bonds. The van der Waals surface area contributed by atoms with E-state index in [1.807, 2.05) is 0 Å². The number of likely N-dealkylation sites (tertiary alicyclic amines) is 1. The lowest BCUT2D eigenvalue weighted by atomic mass is 10.1. The summed E-state index contributed by atoms with van der Waals surface area (Å²) in [5, 5.41) is 3.46. The summed E-state index contributed by atoms with van der Waals surface area (Å²) in [6.45, 7) is 3.45. The minimum absolute atomic E-state index is 0.0566. The summed E-state index contributed by atoms with van der Waals surface area (Å²) in [7, 11) is 1.41. The highest BCUT2D eigenvalue weighted by atomic mass is 35.5. The Labute approximate surface area is 196 Å². The van der Waals surface area contributed by atoms with Gasteiger partial charge in [0, 0.05) is 23.0 Å². The summed E-state index contributed by atoms with van der Waals surface area (Å²) in [6, 6.07) is 2.79. The van der Waals surface area contributed by atoms with Gasteiger partial charge < -0.3 is 10.1 Å². The Balaban J connectivity index is 1.77. The molecule has 0 spiro atoms. The van der Waals surface area contributed by atoms with Gasteiger partial charge in [0.1, 0.15) is 12.1 Å². The van der Waals surface area contributed by atoms with Crippen molar-refractivity contribution in [3.05, 3.63) is 45.9 Å². The fourth-order valence-electron chi connectivity index (χ4n) is 3.76. The Hall–Kier alpha value is -2.50. The highest BCUT2D eigenvalue weighted by Gasteiger charge is 2.32. The van der Waals surface area contributed by atoms with Crippen LogP contribution in [0.25, 0.3) is 11.3 Å². The van der Waals surface area contributed by atoms with Crippen LogP contribution >= 0.6 is 22.9 Å². The highest BCUT2D eigenvalue weighted by molar-refractivity contribution is 7.16. The maximum atomic E-state index is 14.1. The van der Waals surface area contributed by atoms with Crippen molar-refractivity contribution in [2.75, 3.05) is 19.0 Å². The first kappa shape index (κ1) is 23.7. The Bertz CT molecular complexity index is 1160. The monoisotopic (exact) mass is 501 g/mol. The third-order valence-corrected chi connectivity index (χ3v) is 6.65. The van der Waals surface area contributed by atoms with Gasteiger partial charge >= 0.3 is 6.18 Å². The number of halogens is 5. The van der Waals surface area contributed by atoms with Gasteiger partial charge in [0.05, 0.1) is 18.4 Å². The van der Waals surface area contributed by atoms with E-state index in [0.717, 1.165) is 31.5 Å². The molecule has 0 aliphatic carbocycles. The standard InChI is InChI=1S/C21H20ClF4N5OS/c1-11-4-3-5-31(11)9-15-16(12-6-13(21(24,25)26)8-14(23)7-12)29-20(33-15)30-19-17(32-2)18(22)27-10-28-19/h6-8,10-11H,3-5,9H2,1-2H3,(H,27,28,29,30)/t11-/m1/s1. The summed E-state index contributed by atoms with van der Waals surface area (Å²) in [5.74, 6) is -0.517. The SMILES string of the molecule is COc1c(Cl)ncnc1Nc1nc(-c2cc(F)cc(C(F)(F)F)c2)c(CN2CCC[C@H]2C)s1. The quantitative estimate of drug-likeness (QED) is 0.323. The molecule has 33 heavy (non-hydrogen) atoms. The molecule has 1 aromatic carbocycles. The van der Waals surface area contributed by atoms with E-state index in [9.17, 15) is 17.6 Å². The molecule has 1 saturated heterocycles. The molecule has 12 heteroatoms. The Morgan fingerprint density at radius 2 is 2.06 bits per heavy atom. The van der Waals surface area contributed by atoms with Crippen molar-refractivity contribution in [2.24, 2.45) is 0 Å². The molecular formula is C21H20ClF4N5OS. The molecule has 0 bridgehead atoms. The van der Waals surface area contributed by atoms with Crippen LogP contribution in [-0.4, -0.2) is 39.5 Å². The van der Waals surface area contributed by atoms with E-state index in [1.54, 1.807) is 0 Å². The second-order valence-corrected chi connectivity index (χ2v) is 9.09. The first-order valence-electron chi connectivity index (χ1n) is 10.1. The van der Waals surface area contributed by atoms with Gasteiger partial charge in [0.25, 0.3) is 0 Å². The Kier molecular flexibility index (Phi) is 6.73. The fraction of sp³-hybridized carbons (Fsp3) is 0.381. The number of hydrogen-bond donors (Lipinski definition) is 1. The van der Waals surface area contributed by atoms with Crippen LogP contribution in [0.2, 0.25) is 5.15 Å². The van der Waals surface area contributed by atoms with Gasteiger partial charge in [-0.1, -0.05) is 22.9 Å². The summed E-state index contributed by atoms with van der Waals surface area (Å²) in [4.78, 5) is 15.4. The highest BCUT2D eigenvalue weighted by Crippen LogP contribution is 2.39. The molecule has 1 atom stereocenters. The van der Waals surface area contributed by atoms with Crippen LogP contribution in [-0.2, 0) is 12.7 Å². The molecule has 1 aliphatic rings. The van der Waals surface area contributed by atoms with Gasteiger partial charge in [-0.15, -0.1) is 0 Å². The van der Waals surface area contributed by atoms with E-state index in [-0.39, 0.29) is 28.0 Å².